The van der Waals surface area contributed by atoms with Crippen LogP contribution in [0.15, 0.2) is 95.9 Å². The molecule has 0 spiro atoms. The SMILES string of the molecule is c1ccc(CO[C@@H]2[C@H]3OC[C@@H](O[C@H]2Sc2ccccc2)[C@H]3OCc2ccccc2)cc1. The van der Waals surface area contributed by atoms with E-state index in [1.54, 1.807) is 11.8 Å². The Labute approximate surface area is 187 Å². The van der Waals surface area contributed by atoms with Crippen molar-refractivity contribution in [1.29, 1.82) is 0 Å². The van der Waals surface area contributed by atoms with Gasteiger partial charge >= 0.3 is 0 Å². The lowest BCUT2D eigenvalue weighted by Crippen LogP contribution is -2.53. The molecule has 0 radical (unpaired) electrons. The minimum Gasteiger partial charge on any atom is -0.370 e. The van der Waals surface area contributed by atoms with E-state index in [1.807, 2.05) is 54.6 Å². The fourth-order valence-corrected chi connectivity index (χ4v) is 5.20. The van der Waals surface area contributed by atoms with E-state index in [-0.39, 0.29) is 29.9 Å². The zero-order chi connectivity index (χ0) is 20.9. The van der Waals surface area contributed by atoms with Gasteiger partial charge in [-0.3, -0.25) is 0 Å². The smallest absolute Gasteiger partial charge is 0.137 e. The third-order valence-electron chi connectivity index (χ3n) is 5.61. The second-order valence-corrected chi connectivity index (χ2v) is 8.97. The molecule has 0 unspecified atom stereocenters. The van der Waals surface area contributed by atoms with Crippen molar-refractivity contribution in [1.82, 2.24) is 0 Å². The van der Waals surface area contributed by atoms with Crippen LogP contribution in [0.3, 0.4) is 0 Å². The molecular formula is C26H26O4S. The van der Waals surface area contributed by atoms with Gasteiger partial charge < -0.3 is 18.9 Å². The summed E-state index contributed by atoms with van der Waals surface area (Å²) in [7, 11) is 0. The van der Waals surface area contributed by atoms with E-state index in [2.05, 4.69) is 36.4 Å². The molecule has 31 heavy (non-hydrogen) atoms. The van der Waals surface area contributed by atoms with Crippen molar-refractivity contribution in [2.75, 3.05) is 6.61 Å². The minimum atomic E-state index is -0.232. The van der Waals surface area contributed by atoms with Gasteiger partial charge in [0.2, 0.25) is 0 Å². The monoisotopic (exact) mass is 434 g/mol. The molecule has 2 heterocycles. The second kappa shape index (κ2) is 9.98. The van der Waals surface area contributed by atoms with Gasteiger partial charge in [-0.05, 0) is 23.3 Å². The van der Waals surface area contributed by atoms with Crippen molar-refractivity contribution < 1.29 is 18.9 Å². The molecule has 0 saturated carbocycles. The Bertz CT molecular complexity index is 937. The normalized spacial score (nSPS) is 27.3. The first kappa shape index (κ1) is 20.7. The summed E-state index contributed by atoms with van der Waals surface area (Å²) < 4.78 is 25.3. The molecule has 2 saturated heterocycles. The Hall–Kier alpha value is -2.15. The molecule has 3 aromatic carbocycles. The number of rotatable bonds is 8. The predicted molar refractivity (Wildman–Crippen MR) is 121 cm³/mol. The van der Waals surface area contributed by atoms with Crippen LogP contribution in [0.1, 0.15) is 11.1 Å². The number of ether oxygens (including phenoxy) is 4. The Morgan fingerprint density at radius 3 is 1.87 bits per heavy atom. The highest BCUT2D eigenvalue weighted by molar-refractivity contribution is 7.99. The summed E-state index contributed by atoms with van der Waals surface area (Å²) in [5.74, 6) is 0. The summed E-state index contributed by atoms with van der Waals surface area (Å²) in [6, 6.07) is 30.7. The van der Waals surface area contributed by atoms with Crippen LogP contribution >= 0.6 is 11.8 Å². The molecule has 2 aliphatic heterocycles. The van der Waals surface area contributed by atoms with Crippen molar-refractivity contribution >= 4 is 11.8 Å². The highest BCUT2D eigenvalue weighted by Gasteiger charge is 2.53. The number of fused-ring (bicyclic) bond motifs is 2. The summed E-state index contributed by atoms with van der Waals surface area (Å²) in [6.07, 6.45) is -0.627. The van der Waals surface area contributed by atoms with Crippen LogP contribution < -0.4 is 0 Å². The fraction of sp³-hybridized carbons (Fsp3) is 0.308. The molecule has 5 heteroatoms. The van der Waals surface area contributed by atoms with Gasteiger partial charge in [0.15, 0.2) is 0 Å². The van der Waals surface area contributed by atoms with Crippen LogP contribution in [0.25, 0.3) is 0 Å². The van der Waals surface area contributed by atoms with Crippen LogP contribution in [0.4, 0.5) is 0 Å². The van der Waals surface area contributed by atoms with Gasteiger partial charge in [-0.15, -0.1) is 0 Å². The summed E-state index contributed by atoms with van der Waals surface area (Å²) in [4.78, 5) is 1.16. The Kier molecular flexibility index (Phi) is 6.68. The van der Waals surface area contributed by atoms with Gasteiger partial charge in [0.25, 0.3) is 0 Å². The maximum atomic E-state index is 6.47. The molecule has 2 fully saturated rings. The molecule has 5 rings (SSSR count). The number of thioether (sulfide) groups is 1. The molecule has 2 bridgehead atoms. The van der Waals surface area contributed by atoms with Gasteiger partial charge in [0.05, 0.1) is 19.8 Å². The Morgan fingerprint density at radius 2 is 1.26 bits per heavy atom. The predicted octanol–water partition coefficient (Wildman–Crippen LogP) is 5.07. The van der Waals surface area contributed by atoms with Crippen LogP contribution in [-0.4, -0.2) is 36.5 Å². The first-order valence-electron chi connectivity index (χ1n) is 10.7. The second-order valence-electron chi connectivity index (χ2n) is 7.79. The first-order chi connectivity index (χ1) is 15.4. The van der Waals surface area contributed by atoms with E-state index in [1.165, 1.54) is 0 Å². The van der Waals surface area contributed by atoms with E-state index < -0.39 is 0 Å². The Balaban J connectivity index is 1.32. The molecular weight excluding hydrogens is 408 g/mol. The van der Waals surface area contributed by atoms with Gasteiger partial charge in [-0.1, -0.05) is 90.6 Å². The zero-order valence-electron chi connectivity index (χ0n) is 17.2. The fourth-order valence-electron chi connectivity index (χ4n) is 4.05. The zero-order valence-corrected chi connectivity index (χ0v) is 18.0. The lowest BCUT2D eigenvalue weighted by atomic mass is 10.0. The largest absolute Gasteiger partial charge is 0.370 e. The topological polar surface area (TPSA) is 36.9 Å². The lowest BCUT2D eigenvalue weighted by molar-refractivity contribution is -0.182. The van der Waals surface area contributed by atoms with Crippen LogP contribution in [-0.2, 0) is 32.2 Å². The molecule has 3 aromatic rings. The highest BCUT2D eigenvalue weighted by atomic mass is 32.2. The van der Waals surface area contributed by atoms with Gasteiger partial charge in [0, 0.05) is 4.90 Å². The summed E-state index contributed by atoms with van der Waals surface area (Å²) in [5.41, 5.74) is 2.12. The quantitative estimate of drug-likeness (QED) is 0.495. The van der Waals surface area contributed by atoms with Crippen LogP contribution in [0.5, 0.6) is 0 Å². The van der Waals surface area contributed by atoms with Crippen molar-refractivity contribution in [2.24, 2.45) is 0 Å². The van der Waals surface area contributed by atoms with Crippen molar-refractivity contribution in [2.45, 2.75) is 48.0 Å². The molecule has 2 aliphatic rings. The van der Waals surface area contributed by atoms with E-state index in [9.17, 15) is 0 Å². The van der Waals surface area contributed by atoms with Crippen molar-refractivity contribution in [3.63, 3.8) is 0 Å². The molecule has 4 nitrogen and oxygen atoms in total. The number of hydrogen-bond acceptors (Lipinski definition) is 5. The van der Waals surface area contributed by atoms with E-state index >= 15 is 0 Å². The summed E-state index contributed by atoms with van der Waals surface area (Å²) >= 11 is 1.69. The number of hydrogen-bond donors (Lipinski definition) is 0. The van der Waals surface area contributed by atoms with Crippen LogP contribution in [0.2, 0.25) is 0 Å². The third kappa shape index (κ3) is 5.03. The molecule has 0 aromatic heterocycles. The summed E-state index contributed by atoms with van der Waals surface area (Å²) in [5, 5.41) is 0. The van der Waals surface area contributed by atoms with Crippen LogP contribution in [0, 0.1) is 0 Å². The average molecular weight is 435 g/mol. The molecule has 0 aliphatic carbocycles. The standard InChI is InChI=1S/C26H26O4S/c1-4-10-19(11-5-1)16-27-23-22-18-29-24(23)25(28-17-20-12-6-2-7-13-20)26(30-22)31-21-14-8-3-9-15-21/h1-15,22-26H,16-18H2/t22-,23-,24+,25-,26+/m1/s1. The maximum Gasteiger partial charge on any atom is 0.137 e. The molecule has 5 atom stereocenters. The van der Waals surface area contributed by atoms with E-state index in [0.29, 0.717) is 19.8 Å². The minimum absolute atomic E-state index is 0.0912. The van der Waals surface area contributed by atoms with Crippen molar-refractivity contribution in [3.05, 3.63) is 102 Å². The average Bonchev–Trinajstić information content (AvgIpc) is 3.13. The first-order valence-corrected chi connectivity index (χ1v) is 11.5. The number of benzene rings is 3. The van der Waals surface area contributed by atoms with Gasteiger partial charge in [0.1, 0.15) is 29.9 Å². The maximum absolute atomic E-state index is 6.47. The molecule has 160 valence electrons. The third-order valence-corrected chi connectivity index (χ3v) is 6.77. The summed E-state index contributed by atoms with van der Waals surface area (Å²) in [6.45, 7) is 1.57. The lowest BCUT2D eigenvalue weighted by Gasteiger charge is -2.39. The van der Waals surface area contributed by atoms with E-state index in [0.717, 1.165) is 16.0 Å². The van der Waals surface area contributed by atoms with Gasteiger partial charge in [-0.2, -0.15) is 0 Å². The Morgan fingerprint density at radius 1 is 0.710 bits per heavy atom. The van der Waals surface area contributed by atoms with Gasteiger partial charge in [-0.25, -0.2) is 0 Å². The van der Waals surface area contributed by atoms with Crippen molar-refractivity contribution in [3.8, 4) is 0 Å². The molecule has 0 N–H and O–H groups in total. The molecule has 0 amide bonds. The highest BCUT2D eigenvalue weighted by Crippen LogP contribution is 2.40. The van der Waals surface area contributed by atoms with E-state index in [4.69, 9.17) is 18.9 Å².